The van der Waals surface area contributed by atoms with E-state index < -0.39 is 5.41 Å². The van der Waals surface area contributed by atoms with Gasteiger partial charge in [0.25, 0.3) is 0 Å². The number of fused-ring (bicyclic) bond motifs is 12. The zero-order valence-corrected chi connectivity index (χ0v) is 24.2. The van der Waals surface area contributed by atoms with Gasteiger partial charge in [-0.1, -0.05) is 109 Å². The zero-order chi connectivity index (χ0) is 27.3. The van der Waals surface area contributed by atoms with Crippen LogP contribution in [0.25, 0.3) is 47.7 Å². The maximum atomic E-state index is 4.04. The number of benzene rings is 5. The van der Waals surface area contributed by atoms with Crippen LogP contribution in [0.15, 0.2) is 143 Å². The molecular weight excluding hydrogens is 535 g/mol. The van der Waals surface area contributed by atoms with E-state index in [0.29, 0.717) is 0 Å². The molecule has 1 nitrogen and oxygen atoms in total. The summed E-state index contributed by atoms with van der Waals surface area (Å²) >= 11 is 3.80. The highest BCUT2D eigenvalue weighted by Gasteiger charge is 2.49. The summed E-state index contributed by atoms with van der Waals surface area (Å²) in [5.74, 6) is 0. The Bertz CT molecular complexity index is 2330. The highest BCUT2D eigenvalue weighted by atomic mass is 32.2. The van der Waals surface area contributed by atoms with E-state index in [0.717, 1.165) is 0 Å². The van der Waals surface area contributed by atoms with Gasteiger partial charge in [0, 0.05) is 35.8 Å². The second kappa shape index (κ2) is 8.36. The fourth-order valence-electron chi connectivity index (χ4n) is 7.45. The monoisotopic (exact) mass is 559 g/mol. The molecule has 2 aliphatic heterocycles. The van der Waals surface area contributed by atoms with Gasteiger partial charge in [-0.2, -0.15) is 0 Å². The molecule has 0 bridgehead atoms. The predicted molar refractivity (Wildman–Crippen MR) is 178 cm³/mol. The van der Waals surface area contributed by atoms with Crippen LogP contribution in [0.1, 0.15) is 23.6 Å². The van der Waals surface area contributed by atoms with Gasteiger partial charge in [0.1, 0.15) is 0 Å². The standard InChI is InChI=1S/C38H25NS2/c1-3-4-15-28-23(2)40-36-22-35-27(25-13-6-10-20-34(25)41-35)21-31(36)38(28)29-16-7-9-19-33(29)39-32-18-8-5-12-24(32)26-14-11-17-30(38)37(26)39/h3-22H,1H2,2H3/b15-4-. The molecule has 41 heavy (non-hydrogen) atoms. The number of nitrogens with zero attached hydrogens (tertiary/aromatic N) is 1. The summed E-state index contributed by atoms with van der Waals surface area (Å²) in [6.45, 7) is 6.34. The van der Waals surface area contributed by atoms with Crippen LogP contribution in [0.5, 0.6) is 0 Å². The summed E-state index contributed by atoms with van der Waals surface area (Å²) in [5.41, 5.74) is 8.70. The molecule has 3 heteroatoms. The molecule has 2 aromatic heterocycles. The van der Waals surface area contributed by atoms with Gasteiger partial charge in [-0.3, -0.25) is 0 Å². The van der Waals surface area contributed by atoms with Gasteiger partial charge >= 0.3 is 0 Å². The second-order valence-electron chi connectivity index (χ2n) is 10.9. The molecular formula is C38H25NS2. The van der Waals surface area contributed by atoms with Crippen LogP contribution in [0, 0.1) is 0 Å². The first-order chi connectivity index (χ1) is 20.2. The molecule has 9 rings (SSSR count). The molecule has 0 N–H and O–H groups in total. The average Bonchev–Trinajstić information content (AvgIpc) is 3.54. The van der Waals surface area contributed by atoms with E-state index in [1.807, 2.05) is 29.2 Å². The minimum absolute atomic E-state index is 0.470. The largest absolute Gasteiger partial charge is 0.309 e. The number of hydrogen-bond donors (Lipinski definition) is 0. The first kappa shape index (κ1) is 23.4. The Morgan fingerprint density at radius 3 is 2.37 bits per heavy atom. The highest BCUT2D eigenvalue weighted by molar-refractivity contribution is 8.03. The molecule has 1 unspecified atom stereocenters. The SMILES string of the molecule is C=C/C=C\C1=C(C)Sc2cc3sc4ccccc4c3cc2C12c1ccccc1-n1c3ccccc3c3cccc2c31. The molecule has 0 saturated carbocycles. The molecule has 1 spiro atoms. The molecule has 5 aromatic carbocycles. The van der Waals surface area contributed by atoms with Gasteiger partial charge in [-0.25, -0.2) is 0 Å². The third-order valence-corrected chi connectivity index (χ3v) is 11.2. The molecule has 0 amide bonds. The molecule has 194 valence electrons. The summed E-state index contributed by atoms with van der Waals surface area (Å²) in [7, 11) is 0. The van der Waals surface area contributed by atoms with Crippen molar-refractivity contribution >= 4 is 65.1 Å². The molecule has 0 fully saturated rings. The first-order valence-corrected chi connectivity index (χ1v) is 15.6. The Labute approximate surface area is 246 Å². The van der Waals surface area contributed by atoms with Gasteiger partial charge in [-0.05, 0) is 64.4 Å². The van der Waals surface area contributed by atoms with Crippen molar-refractivity contribution in [1.82, 2.24) is 4.57 Å². The lowest BCUT2D eigenvalue weighted by molar-refractivity contribution is 0.705. The lowest BCUT2D eigenvalue weighted by atomic mass is 9.62. The number of aromatic nitrogens is 1. The molecule has 7 aromatic rings. The molecule has 0 radical (unpaired) electrons. The van der Waals surface area contributed by atoms with Gasteiger partial charge in [0.05, 0.1) is 22.1 Å². The predicted octanol–water partition coefficient (Wildman–Crippen LogP) is 10.9. The highest BCUT2D eigenvalue weighted by Crippen LogP contribution is 2.61. The number of rotatable bonds is 2. The van der Waals surface area contributed by atoms with Crippen LogP contribution in [0.3, 0.4) is 0 Å². The number of para-hydroxylation sites is 3. The molecule has 0 aliphatic carbocycles. The average molecular weight is 560 g/mol. The van der Waals surface area contributed by atoms with E-state index >= 15 is 0 Å². The summed E-state index contributed by atoms with van der Waals surface area (Å²) in [5, 5.41) is 5.27. The molecule has 1 atom stereocenters. The van der Waals surface area contributed by atoms with Crippen LogP contribution < -0.4 is 0 Å². The Hall–Kier alpha value is -4.31. The van der Waals surface area contributed by atoms with Crippen molar-refractivity contribution in [2.24, 2.45) is 0 Å². The van der Waals surface area contributed by atoms with Gasteiger partial charge < -0.3 is 4.57 Å². The van der Waals surface area contributed by atoms with E-state index in [9.17, 15) is 0 Å². The summed E-state index contributed by atoms with van der Waals surface area (Å²) in [6.07, 6.45) is 6.32. The van der Waals surface area contributed by atoms with Crippen LogP contribution in [-0.4, -0.2) is 4.57 Å². The van der Waals surface area contributed by atoms with Crippen molar-refractivity contribution in [3.05, 3.63) is 155 Å². The van der Waals surface area contributed by atoms with Gasteiger partial charge in [0.15, 0.2) is 0 Å². The zero-order valence-electron chi connectivity index (χ0n) is 22.5. The fraction of sp³-hybridized carbons (Fsp3) is 0.0526. The first-order valence-electron chi connectivity index (χ1n) is 14.0. The van der Waals surface area contributed by atoms with Crippen LogP contribution >= 0.6 is 23.1 Å². The normalized spacial score (nSPS) is 17.8. The summed E-state index contributed by atoms with van der Waals surface area (Å²) in [6, 6.07) is 38.6. The van der Waals surface area contributed by atoms with E-state index in [1.165, 1.54) is 79.7 Å². The van der Waals surface area contributed by atoms with Gasteiger partial charge in [0.2, 0.25) is 0 Å². The van der Waals surface area contributed by atoms with Crippen molar-refractivity contribution in [2.45, 2.75) is 17.2 Å². The summed E-state index contributed by atoms with van der Waals surface area (Å²) in [4.78, 5) is 2.67. The minimum Gasteiger partial charge on any atom is -0.309 e. The Balaban J connectivity index is 1.54. The maximum Gasteiger partial charge on any atom is 0.0761 e. The van der Waals surface area contributed by atoms with Crippen LogP contribution in [0.2, 0.25) is 0 Å². The van der Waals surface area contributed by atoms with Crippen molar-refractivity contribution in [1.29, 1.82) is 0 Å². The Morgan fingerprint density at radius 2 is 1.46 bits per heavy atom. The minimum atomic E-state index is -0.470. The Kier molecular flexibility index (Phi) is 4.77. The molecule has 0 saturated heterocycles. The number of thiophene rings is 1. The lowest BCUT2D eigenvalue weighted by Crippen LogP contribution is -2.38. The maximum absolute atomic E-state index is 4.04. The van der Waals surface area contributed by atoms with E-state index in [-0.39, 0.29) is 0 Å². The van der Waals surface area contributed by atoms with Crippen LogP contribution in [-0.2, 0) is 5.41 Å². The second-order valence-corrected chi connectivity index (χ2v) is 13.3. The quantitative estimate of drug-likeness (QED) is 0.191. The Morgan fingerprint density at radius 1 is 0.707 bits per heavy atom. The number of hydrogen-bond acceptors (Lipinski definition) is 2. The number of allylic oxidation sites excluding steroid dienone is 5. The van der Waals surface area contributed by atoms with Gasteiger partial charge in [-0.15, -0.1) is 11.3 Å². The number of thioether (sulfide) groups is 1. The molecule has 2 aliphatic rings. The molecule has 4 heterocycles. The van der Waals surface area contributed by atoms with Crippen molar-refractivity contribution in [3.63, 3.8) is 0 Å². The van der Waals surface area contributed by atoms with Crippen LogP contribution in [0.4, 0.5) is 0 Å². The van der Waals surface area contributed by atoms with Crippen molar-refractivity contribution in [3.8, 4) is 5.69 Å². The summed E-state index contributed by atoms with van der Waals surface area (Å²) < 4.78 is 5.19. The third kappa shape index (κ3) is 2.88. The van der Waals surface area contributed by atoms with E-state index in [2.05, 4.69) is 133 Å². The smallest absolute Gasteiger partial charge is 0.0761 e. The topological polar surface area (TPSA) is 4.93 Å². The van der Waals surface area contributed by atoms with E-state index in [4.69, 9.17) is 0 Å². The van der Waals surface area contributed by atoms with E-state index in [1.54, 1.807) is 0 Å². The third-order valence-electron chi connectivity index (χ3n) is 8.98. The van der Waals surface area contributed by atoms with Crippen molar-refractivity contribution < 1.29 is 0 Å². The van der Waals surface area contributed by atoms with Crippen molar-refractivity contribution in [2.75, 3.05) is 0 Å². The fourth-order valence-corrected chi connectivity index (χ4v) is 9.81. The lowest BCUT2D eigenvalue weighted by Gasteiger charge is -2.45.